The van der Waals surface area contributed by atoms with Crippen molar-refractivity contribution >= 4 is 17.3 Å². The number of carbonyl (C=O) groups excluding carboxylic acids is 1. The number of hydrogen-bond donors (Lipinski definition) is 2. The highest BCUT2D eigenvalue weighted by atomic mass is 16.5. The number of ketones is 1. The second-order valence-corrected chi connectivity index (χ2v) is 5.50. The van der Waals surface area contributed by atoms with E-state index in [-0.39, 0.29) is 5.78 Å². The number of hydrazine groups is 1. The Morgan fingerprint density at radius 2 is 1.96 bits per heavy atom. The zero-order valence-corrected chi connectivity index (χ0v) is 15.9. The summed E-state index contributed by atoms with van der Waals surface area (Å²) in [4.78, 5) is 12.4. The first-order chi connectivity index (χ1) is 12.7. The lowest BCUT2D eigenvalue weighted by molar-refractivity contribution is -0.115. The lowest BCUT2D eigenvalue weighted by Crippen LogP contribution is -2.38. The van der Waals surface area contributed by atoms with E-state index in [4.69, 9.17) is 16.4 Å². The molecule has 26 heavy (non-hydrogen) atoms. The summed E-state index contributed by atoms with van der Waals surface area (Å²) in [6, 6.07) is 7.31. The Labute approximate surface area is 156 Å². The molecule has 0 saturated carbocycles. The van der Waals surface area contributed by atoms with Gasteiger partial charge in [-0.25, -0.2) is 5.84 Å². The minimum absolute atomic E-state index is 0.0720. The van der Waals surface area contributed by atoms with Crippen LogP contribution in [0.3, 0.4) is 0 Å². The molecule has 0 heterocycles. The van der Waals surface area contributed by atoms with Gasteiger partial charge in [-0.3, -0.25) is 9.80 Å². The van der Waals surface area contributed by atoms with Gasteiger partial charge >= 0.3 is 0 Å². The highest BCUT2D eigenvalue weighted by Gasteiger charge is 2.16. The van der Waals surface area contributed by atoms with Gasteiger partial charge in [0.1, 0.15) is 17.3 Å². The summed E-state index contributed by atoms with van der Waals surface area (Å²) in [6.07, 6.45) is 9.60. The molecule has 0 amide bonds. The molecule has 0 aliphatic heterocycles. The summed E-state index contributed by atoms with van der Waals surface area (Å²) in [7, 11) is 1.57. The summed E-state index contributed by atoms with van der Waals surface area (Å²) < 4.78 is 5.29. The molecule has 1 aliphatic rings. The minimum Gasteiger partial charge on any atom is -0.495 e. The SMILES string of the molecule is CC.COc1ccccc1N(N)/C(CCC(=O)C1=CCCCC=C1)=N\N. The van der Waals surface area contributed by atoms with E-state index in [0.717, 1.165) is 24.8 Å². The number of amidine groups is 1. The zero-order valence-electron chi connectivity index (χ0n) is 15.9. The van der Waals surface area contributed by atoms with Crippen LogP contribution in [-0.4, -0.2) is 18.7 Å². The number of methoxy groups -OCH3 is 1. The molecule has 0 fully saturated rings. The van der Waals surface area contributed by atoms with E-state index in [0.29, 0.717) is 30.1 Å². The molecule has 0 saturated heterocycles. The zero-order chi connectivity index (χ0) is 19.4. The van der Waals surface area contributed by atoms with E-state index >= 15 is 0 Å². The van der Waals surface area contributed by atoms with Gasteiger partial charge in [0.2, 0.25) is 0 Å². The highest BCUT2D eigenvalue weighted by molar-refractivity contribution is 6.03. The number of allylic oxidation sites excluding steroid dienone is 4. The third-order valence-electron chi connectivity index (χ3n) is 3.91. The second-order valence-electron chi connectivity index (χ2n) is 5.50. The molecule has 6 nitrogen and oxygen atoms in total. The first-order valence-electron chi connectivity index (χ1n) is 9.02. The number of para-hydroxylation sites is 2. The van der Waals surface area contributed by atoms with E-state index in [1.54, 1.807) is 13.2 Å². The van der Waals surface area contributed by atoms with Crippen LogP contribution in [-0.2, 0) is 4.79 Å². The first kappa shape index (κ1) is 21.4. The Morgan fingerprint density at radius 3 is 2.65 bits per heavy atom. The first-order valence-corrected chi connectivity index (χ1v) is 9.02. The number of rotatable bonds is 6. The predicted molar refractivity (Wildman–Crippen MR) is 108 cm³/mol. The summed E-state index contributed by atoms with van der Waals surface area (Å²) in [5.41, 5.74) is 1.40. The molecule has 0 bridgehead atoms. The monoisotopic (exact) mass is 358 g/mol. The number of hydrazone groups is 1. The molecule has 1 aromatic carbocycles. The molecule has 0 aromatic heterocycles. The topological polar surface area (TPSA) is 93.9 Å². The maximum Gasteiger partial charge on any atom is 0.162 e. The molecule has 0 spiro atoms. The van der Waals surface area contributed by atoms with Crippen molar-refractivity contribution in [3.05, 3.63) is 48.1 Å². The third-order valence-corrected chi connectivity index (χ3v) is 3.91. The van der Waals surface area contributed by atoms with Crippen molar-refractivity contribution in [2.75, 3.05) is 12.1 Å². The smallest absolute Gasteiger partial charge is 0.162 e. The fourth-order valence-corrected chi connectivity index (χ4v) is 2.56. The van der Waals surface area contributed by atoms with Crippen LogP contribution in [0.5, 0.6) is 5.75 Å². The van der Waals surface area contributed by atoms with Gasteiger partial charge in [0, 0.05) is 18.4 Å². The number of carbonyl (C=O) groups is 1. The summed E-state index contributed by atoms with van der Waals surface area (Å²) in [5, 5.41) is 5.11. The predicted octanol–water partition coefficient (Wildman–Crippen LogP) is 3.69. The van der Waals surface area contributed by atoms with Crippen molar-refractivity contribution < 1.29 is 9.53 Å². The van der Waals surface area contributed by atoms with Gasteiger partial charge in [0.15, 0.2) is 5.78 Å². The van der Waals surface area contributed by atoms with Crippen LogP contribution in [0.1, 0.15) is 46.0 Å². The highest BCUT2D eigenvalue weighted by Crippen LogP contribution is 2.26. The maximum atomic E-state index is 12.4. The van der Waals surface area contributed by atoms with Crippen LogP contribution in [0.25, 0.3) is 0 Å². The van der Waals surface area contributed by atoms with Crippen molar-refractivity contribution in [3.8, 4) is 5.75 Å². The molecular weight excluding hydrogens is 328 g/mol. The Hall–Kier alpha value is -2.60. The summed E-state index contributed by atoms with van der Waals surface area (Å²) in [6.45, 7) is 4.00. The Morgan fingerprint density at radius 1 is 1.23 bits per heavy atom. The second kappa shape index (κ2) is 11.9. The average Bonchev–Trinajstić information content (AvgIpc) is 2.99. The number of benzene rings is 1. The summed E-state index contributed by atoms with van der Waals surface area (Å²) >= 11 is 0. The van der Waals surface area contributed by atoms with E-state index < -0.39 is 0 Å². The normalized spacial score (nSPS) is 13.8. The van der Waals surface area contributed by atoms with Crippen molar-refractivity contribution in [1.82, 2.24) is 0 Å². The molecule has 2 rings (SSSR count). The van der Waals surface area contributed by atoms with Gasteiger partial charge in [-0.2, -0.15) is 5.10 Å². The van der Waals surface area contributed by atoms with Gasteiger partial charge in [0.25, 0.3) is 0 Å². The molecule has 6 heteroatoms. The third kappa shape index (κ3) is 6.04. The van der Waals surface area contributed by atoms with E-state index in [9.17, 15) is 4.79 Å². The fraction of sp³-hybridized carbons (Fsp3) is 0.400. The van der Waals surface area contributed by atoms with Crippen molar-refractivity contribution in [2.45, 2.75) is 46.0 Å². The van der Waals surface area contributed by atoms with Gasteiger partial charge in [-0.05, 0) is 31.4 Å². The lowest BCUT2D eigenvalue weighted by Gasteiger charge is -2.22. The van der Waals surface area contributed by atoms with Crippen LogP contribution in [0.15, 0.2) is 53.2 Å². The minimum atomic E-state index is 0.0720. The number of Topliss-reactive ketones (excluding diaryl/α,β-unsaturated/α-hetero) is 1. The maximum absolute atomic E-state index is 12.4. The molecule has 142 valence electrons. The van der Waals surface area contributed by atoms with Crippen LogP contribution in [0.4, 0.5) is 5.69 Å². The van der Waals surface area contributed by atoms with Crippen LogP contribution in [0.2, 0.25) is 0 Å². The van der Waals surface area contributed by atoms with Gasteiger partial charge < -0.3 is 10.6 Å². The Bertz CT molecular complexity index is 666. The number of anilines is 1. The van der Waals surface area contributed by atoms with Crippen LogP contribution in [0, 0.1) is 0 Å². The van der Waals surface area contributed by atoms with Crippen molar-refractivity contribution in [1.29, 1.82) is 0 Å². The van der Waals surface area contributed by atoms with Crippen LogP contribution < -0.4 is 21.4 Å². The van der Waals surface area contributed by atoms with Gasteiger partial charge in [-0.1, -0.05) is 44.2 Å². The van der Waals surface area contributed by atoms with E-state index in [2.05, 4.69) is 5.10 Å². The number of nitrogens with two attached hydrogens (primary N) is 2. The Kier molecular flexibility index (Phi) is 9.79. The molecular formula is C20H30N4O2. The molecule has 1 aromatic rings. The van der Waals surface area contributed by atoms with E-state index in [1.165, 1.54) is 5.01 Å². The Balaban J connectivity index is 0.00000163. The molecule has 1 aliphatic carbocycles. The van der Waals surface area contributed by atoms with E-state index in [1.807, 2.05) is 50.3 Å². The van der Waals surface area contributed by atoms with Crippen molar-refractivity contribution in [3.63, 3.8) is 0 Å². The molecule has 0 radical (unpaired) electrons. The van der Waals surface area contributed by atoms with Crippen LogP contribution >= 0.6 is 0 Å². The number of hydrogen-bond acceptors (Lipinski definition) is 5. The van der Waals surface area contributed by atoms with Gasteiger partial charge in [0.05, 0.1) is 7.11 Å². The molecule has 0 unspecified atom stereocenters. The molecule has 0 atom stereocenters. The lowest BCUT2D eigenvalue weighted by atomic mass is 10.1. The van der Waals surface area contributed by atoms with Gasteiger partial charge in [-0.15, -0.1) is 0 Å². The number of ether oxygens (including phenoxy) is 1. The van der Waals surface area contributed by atoms with Crippen molar-refractivity contribution in [2.24, 2.45) is 16.8 Å². The quantitative estimate of drug-likeness (QED) is 0.350. The summed E-state index contributed by atoms with van der Waals surface area (Å²) in [5.74, 6) is 12.7. The largest absolute Gasteiger partial charge is 0.495 e. The molecule has 4 N–H and O–H groups in total. The number of nitrogens with zero attached hydrogens (tertiary/aromatic N) is 2. The fourth-order valence-electron chi connectivity index (χ4n) is 2.56. The standard InChI is InChI=1S/C18H24N4O2.C2H6/c1-24-17-11-7-6-10-15(17)22(20)18(21-19)13-12-16(23)14-8-4-2-3-5-9-14;1-2/h4,6-11H,2-3,5,12-13,19-20H2,1H3;1-2H3/b21-18-;. The average molecular weight is 358 g/mol.